The van der Waals surface area contributed by atoms with Gasteiger partial charge in [-0.05, 0) is 13.8 Å². The van der Waals surface area contributed by atoms with E-state index < -0.39 is 0 Å². The molecule has 12 heavy (non-hydrogen) atoms. The van der Waals surface area contributed by atoms with E-state index in [1.54, 1.807) is 6.92 Å². The van der Waals surface area contributed by atoms with Crippen LogP contribution in [0.2, 0.25) is 0 Å². The maximum absolute atomic E-state index is 10.6. The Balaban J connectivity index is 0. The average molecular weight is 176 g/mol. The van der Waals surface area contributed by atoms with Crippen molar-refractivity contribution in [2.24, 2.45) is 0 Å². The van der Waals surface area contributed by atoms with Crippen molar-refractivity contribution >= 4 is 11.8 Å². The van der Waals surface area contributed by atoms with Crippen molar-refractivity contribution in [2.75, 3.05) is 13.7 Å². The summed E-state index contributed by atoms with van der Waals surface area (Å²) in [5, 5.41) is 7.00. The molecule has 0 aromatic carbocycles. The average Bonchev–Trinajstić information content (AvgIpc) is 2.05. The van der Waals surface area contributed by atoms with Crippen molar-refractivity contribution in [1.29, 1.82) is 0 Å². The van der Waals surface area contributed by atoms with E-state index in [1.807, 2.05) is 0 Å². The second-order valence-corrected chi connectivity index (χ2v) is 2.01. The Kier molecular flexibility index (Phi) is 11.5. The fourth-order valence-electron chi connectivity index (χ4n) is 0.511. The number of aliphatic hydroxyl groups is 1. The topological polar surface area (TPSA) is 63.6 Å². The van der Waals surface area contributed by atoms with Gasteiger partial charge in [-0.1, -0.05) is 0 Å². The third kappa shape index (κ3) is 11.8. The van der Waals surface area contributed by atoms with Gasteiger partial charge in [-0.15, -0.1) is 0 Å². The summed E-state index contributed by atoms with van der Waals surface area (Å²) in [6.45, 7) is 3.58. The van der Waals surface area contributed by atoms with Gasteiger partial charge in [0.15, 0.2) is 0 Å². The standard InChI is InChI=1S/C7H12O3.CH4O/c1-3-10-7(9)5-4-6(2)8;1-2/h3-5H2,1-2H3;2H,1H3. The van der Waals surface area contributed by atoms with Crippen molar-refractivity contribution in [3.8, 4) is 0 Å². The summed E-state index contributed by atoms with van der Waals surface area (Å²) in [6.07, 6.45) is 0.502. The van der Waals surface area contributed by atoms with E-state index in [2.05, 4.69) is 4.74 Å². The van der Waals surface area contributed by atoms with E-state index in [0.29, 0.717) is 13.0 Å². The second-order valence-electron chi connectivity index (χ2n) is 2.01. The van der Waals surface area contributed by atoms with Crippen LogP contribution in [0.1, 0.15) is 26.7 Å². The Morgan fingerprint density at radius 3 is 2.08 bits per heavy atom. The summed E-state index contributed by atoms with van der Waals surface area (Å²) in [7, 11) is 1.00. The molecule has 0 saturated heterocycles. The predicted molar refractivity (Wildman–Crippen MR) is 44.7 cm³/mol. The van der Waals surface area contributed by atoms with Crippen molar-refractivity contribution in [1.82, 2.24) is 0 Å². The number of rotatable bonds is 4. The van der Waals surface area contributed by atoms with Crippen LogP contribution in [0.4, 0.5) is 0 Å². The number of Topliss-reactive ketones (excluding diaryl/α,β-unsaturated/α-hetero) is 1. The molecule has 72 valence electrons. The van der Waals surface area contributed by atoms with E-state index in [9.17, 15) is 9.59 Å². The summed E-state index contributed by atoms with van der Waals surface area (Å²) in [5.74, 6) is -0.272. The van der Waals surface area contributed by atoms with Crippen molar-refractivity contribution in [3.63, 3.8) is 0 Å². The molecule has 0 atom stereocenters. The fourth-order valence-corrected chi connectivity index (χ4v) is 0.511. The maximum atomic E-state index is 10.6. The zero-order chi connectivity index (χ0) is 9.98. The molecule has 4 heteroatoms. The summed E-state index contributed by atoms with van der Waals surface area (Å²) in [4.78, 5) is 20.9. The van der Waals surface area contributed by atoms with E-state index in [1.165, 1.54) is 6.92 Å². The summed E-state index contributed by atoms with van der Waals surface area (Å²) >= 11 is 0. The molecule has 0 aliphatic heterocycles. The molecule has 0 spiro atoms. The normalized spacial score (nSPS) is 8.00. The molecule has 0 aromatic rings. The van der Waals surface area contributed by atoms with Gasteiger partial charge in [0.1, 0.15) is 5.78 Å². The Morgan fingerprint density at radius 2 is 1.75 bits per heavy atom. The lowest BCUT2D eigenvalue weighted by Gasteiger charge is -1.97. The van der Waals surface area contributed by atoms with E-state index in [-0.39, 0.29) is 18.2 Å². The number of ether oxygens (including phenoxy) is 1. The molecule has 0 bridgehead atoms. The van der Waals surface area contributed by atoms with Crippen molar-refractivity contribution in [3.05, 3.63) is 0 Å². The molecule has 1 N–H and O–H groups in total. The zero-order valence-electron chi connectivity index (χ0n) is 7.79. The van der Waals surface area contributed by atoms with Crippen LogP contribution in [0, 0.1) is 0 Å². The van der Waals surface area contributed by atoms with Gasteiger partial charge in [0.05, 0.1) is 13.0 Å². The van der Waals surface area contributed by atoms with E-state index >= 15 is 0 Å². The minimum Gasteiger partial charge on any atom is -0.466 e. The van der Waals surface area contributed by atoms with Gasteiger partial charge < -0.3 is 14.6 Å². The summed E-state index contributed by atoms with van der Waals surface area (Å²) in [5.41, 5.74) is 0. The first-order valence-electron chi connectivity index (χ1n) is 3.76. The van der Waals surface area contributed by atoms with Crippen LogP contribution in [0.25, 0.3) is 0 Å². The largest absolute Gasteiger partial charge is 0.466 e. The third-order valence-corrected chi connectivity index (χ3v) is 0.987. The first-order valence-corrected chi connectivity index (χ1v) is 3.76. The first-order chi connectivity index (χ1) is 5.66. The lowest BCUT2D eigenvalue weighted by Crippen LogP contribution is -2.05. The van der Waals surface area contributed by atoms with Crippen LogP contribution in [-0.2, 0) is 14.3 Å². The highest BCUT2D eigenvalue weighted by molar-refractivity contribution is 5.80. The van der Waals surface area contributed by atoms with Gasteiger partial charge in [-0.25, -0.2) is 0 Å². The second kappa shape index (κ2) is 10.1. The minimum absolute atomic E-state index is 0.0213. The molecule has 0 heterocycles. The van der Waals surface area contributed by atoms with Crippen LogP contribution in [0.15, 0.2) is 0 Å². The summed E-state index contributed by atoms with van der Waals surface area (Å²) < 4.78 is 4.60. The minimum atomic E-state index is -0.294. The fraction of sp³-hybridized carbons (Fsp3) is 0.750. The van der Waals surface area contributed by atoms with Crippen LogP contribution in [-0.4, -0.2) is 30.6 Å². The number of carbonyl (C=O) groups excluding carboxylic acids is 2. The molecule has 0 rings (SSSR count). The van der Waals surface area contributed by atoms with Crippen molar-refractivity contribution < 1.29 is 19.4 Å². The molecule has 0 aliphatic rings. The molecular weight excluding hydrogens is 160 g/mol. The maximum Gasteiger partial charge on any atom is 0.306 e. The molecule has 0 aromatic heterocycles. The van der Waals surface area contributed by atoms with Crippen LogP contribution in [0.5, 0.6) is 0 Å². The van der Waals surface area contributed by atoms with Gasteiger partial charge in [-0.3, -0.25) is 4.79 Å². The molecule has 0 amide bonds. The third-order valence-electron chi connectivity index (χ3n) is 0.987. The van der Waals surface area contributed by atoms with Crippen LogP contribution in [0.3, 0.4) is 0 Å². The molecule has 0 fully saturated rings. The molecule has 0 radical (unpaired) electrons. The number of hydrogen-bond acceptors (Lipinski definition) is 4. The molecule has 0 unspecified atom stereocenters. The first kappa shape index (κ1) is 13.7. The van der Waals surface area contributed by atoms with Crippen LogP contribution >= 0.6 is 0 Å². The number of ketones is 1. The number of carbonyl (C=O) groups is 2. The lowest BCUT2D eigenvalue weighted by molar-refractivity contribution is -0.144. The highest BCUT2D eigenvalue weighted by atomic mass is 16.5. The smallest absolute Gasteiger partial charge is 0.306 e. The Bertz CT molecular complexity index is 131. The Labute approximate surface area is 72.5 Å². The van der Waals surface area contributed by atoms with E-state index in [4.69, 9.17) is 5.11 Å². The lowest BCUT2D eigenvalue weighted by atomic mass is 10.2. The molecular formula is C8H16O4. The highest BCUT2D eigenvalue weighted by Crippen LogP contribution is 1.92. The van der Waals surface area contributed by atoms with Gasteiger partial charge in [0.2, 0.25) is 0 Å². The molecule has 0 saturated carbocycles. The van der Waals surface area contributed by atoms with Gasteiger partial charge >= 0.3 is 5.97 Å². The zero-order valence-corrected chi connectivity index (χ0v) is 7.79. The Hall–Kier alpha value is -0.900. The van der Waals surface area contributed by atoms with Crippen molar-refractivity contribution in [2.45, 2.75) is 26.7 Å². The van der Waals surface area contributed by atoms with Gasteiger partial charge in [-0.2, -0.15) is 0 Å². The SMILES string of the molecule is CCOC(=O)CCC(C)=O.CO. The highest BCUT2D eigenvalue weighted by Gasteiger charge is 2.02. The van der Waals surface area contributed by atoms with Gasteiger partial charge in [0, 0.05) is 13.5 Å². The van der Waals surface area contributed by atoms with Gasteiger partial charge in [0.25, 0.3) is 0 Å². The monoisotopic (exact) mass is 176 g/mol. The number of esters is 1. The number of aliphatic hydroxyl groups excluding tert-OH is 1. The predicted octanol–water partition coefficient (Wildman–Crippen LogP) is 0.527. The molecule has 4 nitrogen and oxygen atoms in total. The van der Waals surface area contributed by atoms with E-state index in [0.717, 1.165) is 7.11 Å². The summed E-state index contributed by atoms with van der Waals surface area (Å²) in [6, 6.07) is 0. The Morgan fingerprint density at radius 1 is 1.25 bits per heavy atom. The number of hydrogen-bond donors (Lipinski definition) is 1. The quantitative estimate of drug-likeness (QED) is 0.634. The van der Waals surface area contributed by atoms with Crippen LogP contribution < -0.4 is 0 Å². The molecule has 0 aliphatic carbocycles.